The molecule has 0 aromatic carbocycles. The van der Waals surface area contributed by atoms with Crippen LogP contribution in [0.3, 0.4) is 0 Å². The molecule has 3 heterocycles. The minimum absolute atomic E-state index is 0.188. The van der Waals surface area contributed by atoms with E-state index in [4.69, 9.17) is 0 Å². The van der Waals surface area contributed by atoms with E-state index in [1.165, 1.54) is 5.56 Å². The maximum Gasteiger partial charge on any atom is 0.228 e. The van der Waals surface area contributed by atoms with Crippen molar-refractivity contribution in [1.29, 1.82) is 0 Å². The Morgan fingerprint density at radius 1 is 1.52 bits per heavy atom. The van der Waals surface area contributed by atoms with E-state index in [0.717, 1.165) is 30.1 Å². The number of anilines is 1. The van der Waals surface area contributed by atoms with Gasteiger partial charge in [0.25, 0.3) is 0 Å². The monoisotopic (exact) mass is 301 g/mol. The van der Waals surface area contributed by atoms with Crippen LogP contribution in [-0.4, -0.2) is 29.4 Å². The second-order valence-corrected chi connectivity index (χ2v) is 6.26. The average Bonchev–Trinajstić information content (AvgIpc) is 3.18. The van der Waals surface area contributed by atoms with Crippen LogP contribution in [0.2, 0.25) is 0 Å². The van der Waals surface area contributed by atoms with Crippen LogP contribution in [0.25, 0.3) is 0 Å². The fraction of sp³-hybridized carbons (Fsp3) is 0.375. The zero-order chi connectivity index (χ0) is 14.7. The first-order valence-corrected chi connectivity index (χ1v) is 8.11. The molecule has 1 N–H and O–H groups in total. The number of aromatic nitrogens is 1. The van der Waals surface area contributed by atoms with Gasteiger partial charge in [0.2, 0.25) is 5.91 Å². The SMILES string of the molecule is CNc1cc(C2CCCN2C(=O)Cc2cccs2)ccn1. The van der Waals surface area contributed by atoms with Crippen LogP contribution >= 0.6 is 11.3 Å². The van der Waals surface area contributed by atoms with Crippen molar-refractivity contribution in [3.63, 3.8) is 0 Å². The van der Waals surface area contributed by atoms with E-state index in [2.05, 4.69) is 10.3 Å². The molecule has 1 amide bonds. The molecule has 4 nitrogen and oxygen atoms in total. The van der Waals surface area contributed by atoms with Gasteiger partial charge in [-0.1, -0.05) is 6.07 Å². The Labute approximate surface area is 128 Å². The summed E-state index contributed by atoms with van der Waals surface area (Å²) in [4.78, 5) is 20.0. The number of carbonyl (C=O) groups is 1. The molecule has 0 saturated carbocycles. The Morgan fingerprint density at radius 3 is 3.19 bits per heavy atom. The topological polar surface area (TPSA) is 45.2 Å². The van der Waals surface area contributed by atoms with Gasteiger partial charge in [-0.3, -0.25) is 4.79 Å². The number of carbonyl (C=O) groups excluding carboxylic acids is 1. The first-order chi connectivity index (χ1) is 10.3. The number of likely N-dealkylation sites (tertiary alicyclic amines) is 1. The lowest BCUT2D eigenvalue weighted by atomic mass is 10.1. The number of thiophene rings is 1. The lowest BCUT2D eigenvalue weighted by Crippen LogP contribution is -2.31. The molecule has 0 bridgehead atoms. The quantitative estimate of drug-likeness (QED) is 0.944. The molecule has 0 aliphatic carbocycles. The molecule has 2 aromatic rings. The highest BCUT2D eigenvalue weighted by molar-refractivity contribution is 7.10. The first kappa shape index (κ1) is 14.1. The first-order valence-electron chi connectivity index (χ1n) is 7.23. The van der Waals surface area contributed by atoms with Crippen LogP contribution in [0.4, 0.5) is 5.82 Å². The van der Waals surface area contributed by atoms with Crippen molar-refractivity contribution in [3.05, 3.63) is 46.3 Å². The molecular weight excluding hydrogens is 282 g/mol. The maximum absolute atomic E-state index is 12.6. The fourth-order valence-corrected chi connectivity index (χ4v) is 3.56. The summed E-state index contributed by atoms with van der Waals surface area (Å²) in [6.07, 6.45) is 4.42. The van der Waals surface area contributed by atoms with Crippen molar-refractivity contribution < 1.29 is 4.79 Å². The van der Waals surface area contributed by atoms with E-state index >= 15 is 0 Å². The summed E-state index contributed by atoms with van der Waals surface area (Å²) in [6, 6.07) is 8.27. The molecule has 1 aliphatic heterocycles. The van der Waals surface area contributed by atoms with Crippen molar-refractivity contribution in [2.24, 2.45) is 0 Å². The van der Waals surface area contributed by atoms with Crippen LogP contribution in [0.1, 0.15) is 29.3 Å². The predicted octanol–water partition coefficient (Wildman–Crippen LogP) is 3.09. The van der Waals surface area contributed by atoms with Gasteiger partial charge in [-0.2, -0.15) is 0 Å². The van der Waals surface area contributed by atoms with Crippen molar-refractivity contribution in [2.75, 3.05) is 18.9 Å². The van der Waals surface area contributed by atoms with Gasteiger partial charge in [-0.25, -0.2) is 4.98 Å². The summed E-state index contributed by atoms with van der Waals surface area (Å²) >= 11 is 1.65. The summed E-state index contributed by atoms with van der Waals surface area (Å²) < 4.78 is 0. The lowest BCUT2D eigenvalue weighted by Gasteiger charge is -2.25. The molecule has 5 heteroatoms. The Hall–Kier alpha value is -1.88. The average molecular weight is 301 g/mol. The van der Waals surface area contributed by atoms with Crippen molar-refractivity contribution in [3.8, 4) is 0 Å². The van der Waals surface area contributed by atoms with Crippen molar-refractivity contribution >= 4 is 23.1 Å². The molecule has 1 atom stereocenters. The highest BCUT2D eigenvalue weighted by Crippen LogP contribution is 2.33. The lowest BCUT2D eigenvalue weighted by molar-refractivity contribution is -0.131. The van der Waals surface area contributed by atoms with Gasteiger partial charge in [0, 0.05) is 24.7 Å². The van der Waals surface area contributed by atoms with Crippen molar-refractivity contribution in [2.45, 2.75) is 25.3 Å². The van der Waals surface area contributed by atoms with E-state index < -0.39 is 0 Å². The summed E-state index contributed by atoms with van der Waals surface area (Å²) in [6.45, 7) is 0.853. The Bertz CT molecular complexity index is 612. The largest absolute Gasteiger partial charge is 0.373 e. The number of amides is 1. The number of nitrogens with zero attached hydrogens (tertiary/aromatic N) is 2. The van der Waals surface area contributed by atoms with Gasteiger partial charge in [0.1, 0.15) is 5.82 Å². The Kier molecular flexibility index (Phi) is 4.20. The van der Waals surface area contributed by atoms with Crippen LogP contribution in [0.5, 0.6) is 0 Å². The molecule has 3 rings (SSSR count). The molecule has 0 spiro atoms. The summed E-state index contributed by atoms with van der Waals surface area (Å²) in [5.41, 5.74) is 1.17. The second-order valence-electron chi connectivity index (χ2n) is 5.23. The van der Waals surface area contributed by atoms with E-state index in [0.29, 0.717) is 6.42 Å². The summed E-state index contributed by atoms with van der Waals surface area (Å²) in [5, 5.41) is 5.08. The van der Waals surface area contributed by atoms with Gasteiger partial charge in [-0.05, 0) is 42.0 Å². The molecule has 110 valence electrons. The Balaban J connectivity index is 1.76. The number of pyridine rings is 1. The van der Waals surface area contributed by atoms with E-state index in [1.807, 2.05) is 41.6 Å². The smallest absolute Gasteiger partial charge is 0.228 e. The minimum atomic E-state index is 0.188. The van der Waals surface area contributed by atoms with Gasteiger partial charge in [0.15, 0.2) is 0 Å². The number of hydrogen-bond acceptors (Lipinski definition) is 4. The highest BCUT2D eigenvalue weighted by Gasteiger charge is 2.30. The van der Waals surface area contributed by atoms with Gasteiger partial charge in [-0.15, -0.1) is 11.3 Å². The molecule has 1 saturated heterocycles. The molecule has 2 aromatic heterocycles. The third-order valence-corrected chi connectivity index (χ3v) is 4.78. The predicted molar refractivity (Wildman–Crippen MR) is 85.5 cm³/mol. The summed E-state index contributed by atoms with van der Waals surface area (Å²) in [5.74, 6) is 1.08. The molecular formula is C16H19N3OS. The fourth-order valence-electron chi connectivity index (χ4n) is 2.87. The van der Waals surface area contributed by atoms with Crippen molar-refractivity contribution in [1.82, 2.24) is 9.88 Å². The van der Waals surface area contributed by atoms with E-state index in [9.17, 15) is 4.79 Å². The number of hydrogen-bond donors (Lipinski definition) is 1. The second kappa shape index (κ2) is 6.26. The van der Waals surface area contributed by atoms with Crippen LogP contribution in [-0.2, 0) is 11.2 Å². The van der Waals surface area contributed by atoms with E-state index in [-0.39, 0.29) is 11.9 Å². The zero-order valence-corrected chi connectivity index (χ0v) is 12.9. The van der Waals surface area contributed by atoms with Crippen LogP contribution in [0, 0.1) is 0 Å². The highest BCUT2D eigenvalue weighted by atomic mass is 32.1. The van der Waals surface area contributed by atoms with Gasteiger partial charge in [0.05, 0.1) is 12.5 Å². The van der Waals surface area contributed by atoms with E-state index in [1.54, 1.807) is 17.5 Å². The summed E-state index contributed by atoms with van der Waals surface area (Å²) in [7, 11) is 1.86. The molecule has 21 heavy (non-hydrogen) atoms. The maximum atomic E-state index is 12.6. The van der Waals surface area contributed by atoms with Gasteiger partial charge >= 0.3 is 0 Å². The van der Waals surface area contributed by atoms with Gasteiger partial charge < -0.3 is 10.2 Å². The molecule has 1 fully saturated rings. The Morgan fingerprint density at radius 2 is 2.43 bits per heavy atom. The number of rotatable bonds is 4. The third kappa shape index (κ3) is 3.08. The van der Waals surface area contributed by atoms with Crippen LogP contribution in [0.15, 0.2) is 35.8 Å². The number of nitrogens with one attached hydrogen (secondary N) is 1. The molecule has 1 unspecified atom stereocenters. The molecule has 0 radical (unpaired) electrons. The third-order valence-electron chi connectivity index (χ3n) is 3.90. The minimum Gasteiger partial charge on any atom is -0.373 e. The zero-order valence-electron chi connectivity index (χ0n) is 12.1. The molecule has 1 aliphatic rings. The normalized spacial score (nSPS) is 18.0. The standard InChI is InChI=1S/C16H19N3OS/c1-17-15-10-12(6-7-18-15)14-5-2-8-19(14)16(20)11-13-4-3-9-21-13/h3-4,6-7,9-10,14H,2,5,8,11H2,1H3,(H,17,18). The van der Waals surface area contributed by atoms with Crippen LogP contribution < -0.4 is 5.32 Å².